The molecule has 0 saturated carbocycles. The first kappa shape index (κ1) is 17.6. The summed E-state index contributed by atoms with van der Waals surface area (Å²) in [7, 11) is 0. The highest BCUT2D eigenvalue weighted by molar-refractivity contribution is 7.99. The quantitative estimate of drug-likeness (QED) is 0.283. The molecular formula is C20H12N4O3S. The van der Waals surface area contributed by atoms with Gasteiger partial charge in [-0.15, -0.1) is 0 Å². The van der Waals surface area contributed by atoms with Crippen LogP contribution in [0.5, 0.6) is 0 Å². The van der Waals surface area contributed by atoms with E-state index in [-0.39, 0.29) is 5.69 Å². The summed E-state index contributed by atoms with van der Waals surface area (Å²) >= 11 is 1.35. The van der Waals surface area contributed by atoms with Gasteiger partial charge in [0, 0.05) is 12.1 Å². The van der Waals surface area contributed by atoms with Gasteiger partial charge in [0.25, 0.3) is 5.69 Å². The molecule has 0 atom stereocenters. The topological polar surface area (TPSA) is 109 Å². The molecule has 0 unspecified atom stereocenters. The second kappa shape index (κ2) is 7.42. The Morgan fingerprint density at radius 3 is 2.68 bits per heavy atom. The molecule has 0 spiro atoms. The van der Waals surface area contributed by atoms with Crippen LogP contribution in [0.3, 0.4) is 0 Å². The van der Waals surface area contributed by atoms with Crippen LogP contribution in [0.1, 0.15) is 11.3 Å². The van der Waals surface area contributed by atoms with Crippen molar-refractivity contribution in [3.05, 3.63) is 82.1 Å². The number of allylic oxidation sites excluding steroid dienone is 1. The molecule has 0 aliphatic carbocycles. The van der Waals surface area contributed by atoms with E-state index in [0.29, 0.717) is 27.1 Å². The number of rotatable bonds is 5. The van der Waals surface area contributed by atoms with Gasteiger partial charge in [0.2, 0.25) is 0 Å². The van der Waals surface area contributed by atoms with E-state index in [1.807, 2.05) is 24.3 Å². The number of nitrogens with zero attached hydrogens (tertiary/aromatic N) is 3. The predicted octanol–water partition coefficient (Wildman–Crippen LogP) is 5.28. The SMILES string of the molecule is N#C/C(=C\c1ccc(Sc2nc3ccccc3[nH]2)o1)c1ccc([N+](=O)[O-])cc1. The fourth-order valence-electron chi connectivity index (χ4n) is 2.62. The Labute approximate surface area is 163 Å². The smallest absolute Gasteiger partial charge is 0.269 e. The van der Waals surface area contributed by atoms with Crippen LogP contribution in [0, 0.1) is 21.4 Å². The molecule has 8 heteroatoms. The van der Waals surface area contributed by atoms with Crippen LogP contribution in [-0.4, -0.2) is 14.9 Å². The van der Waals surface area contributed by atoms with Crippen molar-refractivity contribution in [3.63, 3.8) is 0 Å². The summed E-state index contributed by atoms with van der Waals surface area (Å²) in [5.41, 5.74) is 2.73. The van der Waals surface area contributed by atoms with Crippen LogP contribution in [0.2, 0.25) is 0 Å². The summed E-state index contributed by atoms with van der Waals surface area (Å²) in [5, 5.41) is 21.5. The second-order valence-corrected chi connectivity index (χ2v) is 6.78. The number of aromatic amines is 1. The number of imidazole rings is 1. The van der Waals surface area contributed by atoms with E-state index >= 15 is 0 Å². The molecule has 0 bridgehead atoms. The maximum absolute atomic E-state index is 10.8. The number of nitrogens with one attached hydrogen (secondary N) is 1. The van der Waals surface area contributed by atoms with Crippen molar-refractivity contribution in [1.82, 2.24) is 9.97 Å². The van der Waals surface area contributed by atoms with Gasteiger partial charge >= 0.3 is 0 Å². The lowest BCUT2D eigenvalue weighted by molar-refractivity contribution is -0.384. The highest BCUT2D eigenvalue weighted by Crippen LogP contribution is 2.30. The Kier molecular flexibility index (Phi) is 4.66. The molecule has 0 saturated heterocycles. The van der Waals surface area contributed by atoms with Gasteiger partial charge in [0.05, 0.1) is 27.6 Å². The summed E-state index contributed by atoms with van der Waals surface area (Å²) in [5.74, 6) is 0.508. The zero-order chi connectivity index (χ0) is 19.5. The summed E-state index contributed by atoms with van der Waals surface area (Å²) in [6.07, 6.45) is 1.60. The third-order valence-electron chi connectivity index (χ3n) is 3.96. The zero-order valence-electron chi connectivity index (χ0n) is 14.3. The lowest BCUT2D eigenvalue weighted by Crippen LogP contribution is -1.88. The van der Waals surface area contributed by atoms with Gasteiger partial charge in [-0.3, -0.25) is 10.1 Å². The number of nitriles is 1. The minimum Gasteiger partial charge on any atom is -0.450 e. The summed E-state index contributed by atoms with van der Waals surface area (Å²) in [4.78, 5) is 18.0. The number of fused-ring (bicyclic) bond motifs is 1. The highest BCUT2D eigenvalue weighted by atomic mass is 32.2. The van der Waals surface area contributed by atoms with Gasteiger partial charge in [0.1, 0.15) is 5.76 Å². The Hall–Kier alpha value is -3.83. The minimum atomic E-state index is -0.479. The molecule has 0 aliphatic heterocycles. The molecule has 28 heavy (non-hydrogen) atoms. The van der Waals surface area contributed by atoms with Gasteiger partial charge in [0.15, 0.2) is 10.2 Å². The number of hydrogen-bond donors (Lipinski definition) is 1. The van der Waals surface area contributed by atoms with Crippen molar-refractivity contribution in [2.45, 2.75) is 10.2 Å². The lowest BCUT2D eigenvalue weighted by atomic mass is 10.1. The van der Waals surface area contributed by atoms with Gasteiger partial charge in [-0.1, -0.05) is 12.1 Å². The number of furan rings is 1. The first-order chi connectivity index (χ1) is 13.6. The van der Waals surface area contributed by atoms with E-state index in [4.69, 9.17) is 4.42 Å². The predicted molar refractivity (Wildman–Crippen MR) is 106 cm³/mol. The summed E-state index contributed by atoms with van der Waals surface area (Å²) in [6, 6.07) is 19.2. The van der Waals surface area contributed by atoms with Crippen molar-refractivity contribution < 1.29 is 9.34 Å². The third kappa shape index (κ3) is 3.65. The van der Waals surface area contributed by atoms with Crippen LogP contribution in [0.15, 0.2) is 75.3 Å². The molecule has 0 aliphatic rings. The van der Waals surface area contributed by atoms with Crippen LogP contribution < -0.4 is 0 Å². The van der Waals surface area contributed by atoms with Crippen molar-refractivity contribution in [1.29, 1.82) is 5.26 Å². The molecule has 4 aromatic rings. The first-order valence-electron chi connectivity index (χ1n) is 8.21. The Morgan fingerprint density at radius 1 is 1.18 bits per heavy atom. The Balaban J connectivity index is 1.55. The van der Waals surface area contributed by atoms with Gasteiger partial charge in [-0.05, 0) is 59.8 Å². The maximum atomic E-state index is 10.8. The highest BCUT2D eigenvalue weighted by Gasteiger charge is 2.10. The maximum Gasteiger partial charge on any atom is 0.269 e. The lowest BCUT2D eigenvalue weighted by Gasteiger charge is -1.98. The van der Waals surface area contributed by atoms with Gasteiger partial charge in [-0.25, -0.2) is 4.98 Å². The number of hydrogen-bond acceptors (Lipinski definition) is 6. The van der Waals surface area contributed by atoms with E-state index in [2.05, 4.69) is 16.0 Å². The average Bonchev–Trinajstić information content (AvgIpc) is 3.32. The largest absolute Gasteiger partial charge is 0.450 e. The fourth-order valence-corrected chi connectivity index (χ4v) is 3.39. The van der Waals surface area contributed by atoms with Crippen molar-refractivity contribution in [2.75, 3.05) is 0 Å². The van der Waals surface area contributed by atoms with E-state index in [9.17, 15) is 15.4 Å². The molecule has 4 rings (SSSR count). The molecule has 2 aromatic carbocycles. The summed E-state index contributed by atoms with van der Waals surface area (Å²) in [6.45, 7) is 0. The zero-order valence-corrected chi connectivity index (χ0v) is 15.1. The number of benzene rings is 2. The number of para-hydroxylation sites is 2. The first-order valence-corrected chi connectivity index (χ1v) is 9.03. The minimum absolute atomic E-state index is 0.0245. The molecule has 2 heterocycles. The van der Waals surface area contributed by atoms with Crippen LogP contribution in [-0.2, 0) is 0 Å². The number of H-pyrrole nitrogens is 1. The molecule has 2 aromatic heterocycles. The van der Waals surface area contributed by atoms with E-state index in [1.54, 1.807) is 30.3 Å². The van der Waals surface area contributed by atoms with E-state index < -0.39 is 4.92 Å². The molecule has 0 radical (unpaired) electrons. The standard InChI is InChI=1S/C20H12N4O3S/c21-12-14(13-5-7-15(8-6-13)24(25)26)11-16-9-10-19(27-16)28-20-22-17-3-1-2-4-18(17)23-20/h1-11H,(H,22,23)/b14-11+. The second-order valence-electron chi connectivity index (χ2n) is 5.79. The van der Waals surface area contributed by atoms with Crippen molar-refractivity contribution in [3.8, 4) is 6.07 Å². The fraction of sp³-hybridized carbons (Fsp3) is 0. The average molecular weight is 388 g/mol. The van der Waals surface area contributed by atoms with Gasteiger partial charge < -0.3 is 9.40 Å². The Bertz CT molecular complexity index is 1200. The van der Waals surface area contributed by atoms with Gasteiger partial charge in [-0.2, -0.15) is 5.26 Å². The van der Waals surface area contributed by atoms with Crippen molar-refractivity contribution >= 4 is 40.1 Å². The number of nitro groups is 1. The third-order valence-corrected chi connectivity index (χ3v) is 4.77. The molecular weight excluding hydrogens is 376 g/mol. The van der Waals surface area contributed by atoms with Crippen molar-refractivity contribution in [2.24, 2.45) is 0 Å². The normalized spacial score (nSPS) is 11.5. The molecule has 0 fully saturated rings. The monoisotopic (exact) mass is 388 g/mol. The molecule has 1 N–H and O–H groups in total. The van der Waals surface area contributed by atoms with Crippen LogP contribution in [0.25, 0.3) is 22.7 Å². The van der Waals surface area contributed by atoms with Crippen LogP contribution in [0.4, 0.5) is 5.69 Å². The summed E-state index contributed by atoms with van der Waals surface area (Å²) < 4.78 is 5.77. The molecule has 0 amide bonds. The number of nitro benzene ring substituents is 1. The van der Waals surface area contributed by atoms with E-state index in [1.165, 1.54) is 23.9 Å². The number of non-ortho nitro benzene ring substituents is 1. The number of aromatic nitrogens is 2. The molecule has 7 nitrogen and oxygen atoms in total. The van der Waals surface area contributed by atoms with E-state index in [0.717, 1.165) is 11.0 Å². The molecule has 136 valence electrons. The Morgan fingerprint density at radius 2 is 1.96 bits per heavy atom. The van der Waals surface area contributed by atoms with Crippen LogP contribution >= 0.6 is 11.8 Å².